The Morgan fingerprint density at radius 1 is 1.23 bits per heavy atom. The summed E-state index contributed by atoms with van der Waals surface area (Å²) in [6.45, 7) is 3.22. The first-order valence-corrected chi connectivity index (χ1v) is 8.06. The maximum absolute atomic E-state index is 12.0. The minimum Gasteiger partial charge on any atom is -0.352 e. The summed E-state index contributed by atoms with van der Waals surface area (Å²) in [4.78, 5) is 23.6. The lowest BCUT2D eigenvalue weighted by Gasteiger charge is -2.07. The largest absolute Gasteiger partial charge is 0.352 e. The Kier molecular flexibility index (Phi) is 5.95. The molecule has 0 atom stereocenters. The lowest BCUT2D eigenvalue weighted by Crippen LogP contribution is -2.25. The fourth-order valence-electron chi connectivity index (χ4n) is 2.17. The van der Waals surface area contributed by atoms with E-state index >= 15 is 0 Å². The smallest absolute Gasteiger partial charge is 0.251 e. The van der Waals surface area contributed by atoms with Gasteiger partial charge in [-0.2, -0.15) is 0 Å². The van der Waals surface area contributed by atoms with E-state index in [1.54, 1.807) is 22.9 Å². The van der Waals surface area contributed by atoms with Crippen molar-refractivity contribution in [3.05, 3.63) is 68.5 Å². The van der Waals surface area contributed by atoms with Gasteiger partial charge in [-0.05, 0) is 53.9 Å². The van der Waals surface area contributed by atoms with Crippen LogP contribution in [-0.2, 0) is 6.54 Å². The van der Waals surface area contributed by atoms with Crippen LogP contribution < -0.4 is 10.9 Å². The molecule has 0 radical (unpaired) electrons. The van der Waals surface area contributed by atoms with Gasteiger partial charge in [0.2, 0.25) is 0 Å². The van der Waals surface area contributed by atoms with Crippen LogP contribution in [0.25, 0.3) is 0 Å². The van der Waals surface area contributed by atoms with E-state index in [4.69, 9.17) is 0 Å². The molecular weight excluding hydrogens is 344 g/mol. The average molecular weight is 363 g/mol. The Morgan fingerprint density at radius 3 is 2.82 bits per heavy atom. The molecule has 0 saturated carbocycles. The standard InChI is InChI=1S/C17H19BrN2O2/c1-13-5-4-6-14(11-13)17(22)19-9-2-3-10-20-12-15(18)7-8-16(20)21/h4-8,11-12H,2-3,9-10H2,1H3,(H,19,22). The number of aromatic nitrogens is 1. The lowest BCUT2D eigenvalue weighted by molar-refractivity contribution is 0.0953. The number of nitrogens with zero attached hydrogens (tertiary/aromatic N) is 1. The van der Waals surface area contributed by atoms with Gasteiger partial charge in [-0.25, -0.2) is 0 Å². The number of unbranched alkanes of at least 4 members (excludes halogenated alkanes) is 1. The van der Waals surface area contributed by atoms with E-state index in [0.717, 1.165) is 22.9 Å². The Bertz CT molecular complexity index is 710. The van der Waals surface area contributed by atoms with Crippen LogP contribution in [0.5, 0.6) is 0 Å². The summed E-state index contributed by atoms with van der Waals surface area (Å²) < 4.78 is 2.56. The molecular formula is C17H19BrN2O2. The van der Waals surface area contributed by atoms with Crippen LogP contribution in [0.3, 0.4) is 0 Å². The van der Waals surface area contributed by atoms with Gasteiger partial charge in [0, 0.05) is 35.4 Å². The number of amides is 1. The monoisotopic (exact) mass is 362 g/mol. The molecule has 0 spiro atoms. The summed E-state index contributed by atoms with van der Waals surface area (Å²) in [7, 11) is 0. The zero-order valence-electron chi connectivity index (χ0n) is 12.5. The van der Waals surface area contributed by atoms with Crippen molar-refractivity contribution in [3.8, 4) is 0 Å². The van der Waals surface area contributed by atoms with Gasteiger partial charge >= 0.3 is 0 Å². The fraction of sp³-hybridized carbons (Fsp3) is 0.294. The second kappa shape index (κ2) is 7.94. The van der Waals surface area contributed by atoms with Crippen molar-refractivity contribution in [2.24, 2.45) is 0 Å². The van der Waals surface area contributed by atoms with Crippen LogP contribution in [0.4, 0.5) is 0 Å². The molecule has 2 rings (SSSR count). The first-order chi connectivity index (χ1) is 10.6. The molecule has 0 aliphatic heterocycles. The van der Waals surface area contributed by atoms with E-state index in [0.29, 0.717) is 18.7 Å². The Labute approximate surface area is 138 Å². The number of hydrogen-bond acceptors (Lipinski definition) is 2. The summed E-state index contributed by atoms with van der Waals surface area (Å²) in [5, 5.41) is 2.90. The molecule has 116 valence electrons. The molecule has 4 nitrogen and oxygen atoms in total. The number of hydrogen-bond donors (Lipinski definition) is 1. The molecule has 1 aromatic heterocycles. The Hall–Kier alpha value is -1.88. The number of rotatable bonds is 6. The average Bonchev–Trinajstić information content (AvgIpc) is 2.50. The minimum atomic E-state index is -0.0525. The molecule has 0 fully saturated rings. The molecule has 1 N–H and O–H groups in total. The first kappa shape index (κ1) is 16.5. The van der Waals surface area contributed by atoms with Crippen molar-refractivity contribution in [3.63, 3.8) is 0 Å². The second-order valence-electron chi connectivity index (χ2n) is 5.21. The van der Waals surface area contributed by atoms with Crippen LogP contribution in [0.15, 0.2) is 51.9 Å². The normalized spacial score (nSPS) is 10.5. The van der Waals surface area contributed by atoms with Gasteiger partial charge in [0.15, 0.2) is 0 Å². The van der Waals surface area contributed by atoms with Gasteiger partial charge < -0.3 is 9.88 Å². The Morgan fingerprint density at radius 2 is 2.05 bits per heavy atom. The van der Waals surface area contributed by atoms with Crippen molar-refractivity contribution in [1.29, 1.82) is 0 Å². The third-order valence-corrected chi connectivity index (χ3v) is 3.81. The number of halogens is 1. The maximum Gasteiger partial charge on any atom is 0.251 e. The van der Waals surface area contributed by atoms with Crippen LogP contribution in [0, 0.1) is 6.92 Å². The predicted octanol–water partition coefficient (Wildman–Crippen LogP) is 3.13. The SMILES string of the molecule is Cc1cccc(C(=O)NCCCCn2cc(Br)ccc2=O)c1. The van der Waals surface area contributed by atoms with Gasteiger partial charge in [-0.1, -0.05) is 17.7 Å². The molecule has 1 heterocycles. The molecule has 0 unspecified atom stereocenters. The number of aryl methyl sites for hydroxylation is 2. The van der Waals surface area contributed by atoms with Crippen LogP contribution in [-0.4, -0.2) is 17.0 Å². The molecule has 22 heavy (non-hydrogen) atoms. The molecule has 0 aliphatic carbocycles. The van der Waals surface area contributed by atoms with Crippen molar-refractivity contribution in [2.45, 2.75) is 26.3 Å². The van der Waals surface area contributed by atoms with E-state index in [-0.39, 0.29) is 11.5 Å². The Balaban J connectivity index is 1.74. The third kappa shape index (κ3) is 4.84. The number of carbonyl (C=O) groups is 1. The highest BCUT2D eigenvalue weighted by Crippen LogP contribution is 2.06. The van der Waals surface area contributed by atoms with Crippen molar-refractivity contribution < 1.29 is 4.79 Å². The zero-order valence-corrected chi connectivity index (χ0v) is 14.1. The van der Waals surface area contributed by atoms with Gasteiger partial charge in [0.05, 0.1) is 0 Å². The summed E-state index contributed by atoms with van der Waals surface area (Å²) in [6, 6.07) is 10.8. The highest BCUT2D eigenvalue weighted by atomic mass is 79.9. The van der Waals surface area contributed by atoms with E-state index in [9.17, 15) is 9.59 Å². The number of benzene rings is 1. The van der Waals surface area contributed by atoms with E-state index in [2.05, 4.69) is 21.2 Å². The molecule has 0 saturated heterocycles. The van der Waals surface area contributed by atoms with Crippen molar-refractivity contribution >= 4 is 21.8 Å². The molecule has 0 bridgehead atoms. The molecule has 1 aromatic carbocycles. The predicted molar refractivity (Wildman–Crippen MR) is 91.1 cm³/mol. The topological polar surface area (TPSA) is 51.1 Å². The number of carbonyl (C=O) groups excluding carboxylic acids is 1. The fourth-order valence-corrected chi connectivity index (χ4v) is 2.55. The molecule has 0 aliphatic rings. The molecule has 1 amide bonds. The summed E-state index contributed by atoms with van der Waals surface area (Å²) in [6.07, 6.45) is 3.45. The summed E-state index contributed by atoms with van der Waals surface area (Å²) >= 11 is 3.35. The zero-order chi connectivity index (χ0) is 15.9. The van der Waals surface area contributed by atoms with Crippen molar-refractivity contribution in [1.82, 2.24) is 9.88 Å². The van der Waals surface area contributed by atoms with E-state index < -0.39 is 0 Å². The summed E-state index contributed by atoms with van der Waals surface area (Å²) in [5.41, 5.74) is 1.75. The van der Waals surface area contributed by atoms with Gasteiger partial charge in [0.1, 0.15) is 0 Å². The van der Waals surface area contributed by atoms with Crippen LogP contribution in [0.2, 0.25) is 0 Å². The molecule has 2 aromatic rings. The minimum absolute atomic E-state index is 0.00741. The van der Waals surface area contributed by atoms with E-state index in [1.165, 1.54) is 0 Å². The van der Waals surface area contributed by atoms with Crippen molar-refractivity contribution in [2.75, 3.05) is 6.54 Å². The molecule has 5 heteroatoms. The third-order valence-electron chi connectivity index (χ3n) is 3.34. The highest BCUT2D eigenvalue weighted by Gasteiger charge is 2.04. The maximum atomic E-state index is 12.0. The number of pyridine rings is 1. The van der Waals surface area contributed by atoms with Gasteiger partial charge in [-0.3, -0.25) is 9.59 Å². The number of nitrogens with one attached hydrogen (secondary N) is 1. The lowest BCUT2D eigenvalue weighted by atomic mass is 10.1. The van der Waals surface area contributed by atoms with Crippen LogP contribution >= 0.6 is 15.9 Å². The quantitative estimate of drug-likeness (QED) is 0.802. The van der Waals surface area contributed by atoms with Crippen LogP contribution in [0.1, 0.15) is 28.8 Å². The highest BCUT2D eigenvalue weighted by molar-refractivity contribution is 9.10. The van der Waals surface area contributed by atoms with Gasteiger partial charge in [0.25, 0.3) is 11.5 Å². The second-order valence-corrected chi connectivity index (χ2v) is 6.13. The summed E-state index contributed by atoms with van der Waals surface area (Å²) in [5.74, 6) is -0.0525. The van der Waals surface area contributed by atoms with Gasteiger partial charge in [-0.15, -0.1) is 0 Å². The van der Waals surface area contributed by atoms with E-state index in [1.807, 2.05) is 31.2 Å². The first-order valence-electron chi connectivity index (χ1n) is 7.27.